The van der Waals surface area contributed by atoms with E-state index in [1.807, 2.05) is 0 Å². The molecule has 1 heterocycles. The van der Waals surface area contributed by atoms with E-state index in [1.165, 1.54) is 24.3 Å². The fraction of sp³-hybridized carbons (Fsp3) is 0.519. The Balaban J connectivity index is 1.99. The number of nitrogens with zero attached hydrogens (tertiary/aromatic N) is 2. The number of nitrogens with one attached hydrogen (secondary N) is 5. The molecule has 0 spiro atoms. The maximum Gasteiger partial charge on any atom is 0.268 e. The third kappa shape index (κ3) is 11.6. The van der Waals surface area contributed by atoms with E-state index < -0.39 is 72.8 Å². The predicted molar refractivity (Wildman–Crippen MR) is 153 cm³/mol. The third-order valence-corrected chi connectivity index (χ3v) is 6.81. The average Bonchev–Trinajstić information content (AvgIpc) is 3.03. The van der Waals surface area contributed by atoms with Gasteiger partial charge in [-0.25, -0.2) is 10.1 Å². The van der Waals surface area contributed by atoms with Gasteiger partial charge in [-0.3, -0.25) is 44.0 Å². The van der Waals surface area contributed by atoms with Crippen molar-refractivity contribution in [3.8, 4) is 5.75 Å². The van der Waals surface area contributed by atoms with E-state index in [2.05, 4.69) is 26.6 Å². The monoisotopic (exact) mass is 653 g/mol. The van der Waals surface area contributed by atoms with Crippen LogP contribution in [-0.4, -0.2) is 135 Å². The Bertz CT molecular complexity index is 1250. The molecule has 1 aromatic rings. The number of amides is 7. The Morgan fingerprint density at radius 1 is 0.978 bits per heavy atom. The number of rotatable bonds is 18. The lowest BCUT2D eigenvalue weighted by Gasteiger charge is -2.27. The van der Waals surface area contributed by atoms with Crippen molar-refractivity contribution >= 4 is 41.9 Å². The van der Waals surface area contributed by atoms with Crippen LogP contribution in [0, 0.1) is 0 Å². The molecule has 1 aliphatic rings. The zero-order valence-electron chi connectivity index (χ0n) is 24.8. The van der Waals surface area contributed by atoms with Crippen molar-refractivity contribution in [2.24, 2.45) is 0 Å². The number of carbonyl (C=O) groups is 7. The van der Waals surface area contributed by atoms with Crippen molar-refractivity contribution in [1.29, 1.82) is 0 Å². The van der Waals surface area contributed by atoms with Crippen molar-refractivity contribution in [2.75, 3.05) is 32.8 Å². The Labute approximate surface area is 262 Å². The first kappa shape index (κ1) is 37.3. The number of carbonyl (C=O) groups excluding carboxylic acids is 7. The number of hydrogen-bond donors (Lipinski definition) is 10. The van der Waals surface area contributed by atoms with Gasteiger partial charge in [-0.2, -0.15) is 0 Å². The highest BCUT2D eigenvalue weighted by molar-refractivity contribution is 6.00. The van der Waals surface area contributed by atoms with Gasteiger partial charge in [0.15, 0.2) is 0 Å². The molecule has 0 radical (unpaired) electrons. The van der Waals surface area contributed by atoms with Gasteiger partial charge in [-0.15, -0.1) is 0 Å². The first-order chi connectivity index (χ1) is 21.9. The molecule has 4 unspecified atom stereocenters. The minimum atomic E-state index is -1.66. The van der Waals surface area contributed by atoms with Crippen LogP contribution in [0.25, 0.3) is 0 Å². The molecule has 0 saturated carbocycles. The summed E-state index contributed by atoms with van der Waals surface area (Å²) < 4.78 is 0. The minimum Gasteiger partial charge on any atom is -0.507 e. The van der Waals surface area contributed by atoms with E-state index in [1.54, 1.807) is 0 Å². The second-order valence-electron chi connectivity index (χ2n) is 10.2. The second-order valence-corrected chi connectivity index (χ2v) is 10.2. The van der Waals surface area contributed by atoms with Crippen molar-refractivity contribution < 1.29 is 59.3 Å². The molecular weight excluding hydrogens is 614 g/mol. The summed E-state index contributed by atoms with van der Waals surface area (Å²) in [7, 11) is 0. The molecule has 46 heavy (non-hydrogen) atoms. The molecular formula is C27H39N7O12. The highest BCUT2D eigenvalue weighted by Crippen LogP contribution is 2.15. The van der Waals surface area contributed by atoms with Gasteiger partial charge in [0.1, 0.15) is 29.9 Å². The van der Waals surface area contributed by atoms with Crippen molar-refractivity contribution in [2.45, 2.75) is 56.3 Å². The van der Waals surface area contributed by atoms with Crippen LogP contribution in [0.3, 0.4) is 0 Å². The van der Waals surface area contributed by atoms with E-state index in [0.29, 0.717) is 23.0 Å². The highest BCUT2D eigenvalue weighted by Gasteiger charge is 2.31. The number of hydroxylamine groups is 4. The van der Waals surface area contributed by atoms with Crippen LogP contribution in [-0.2, 0) is 28.8 Å². The van der Waals surface area contributed by atoms with Gasteiger partial charge in [0.25, 0.3) is 11.8 Å². The highest BCUT2D eigenvalue weighted by atomic mass is 16.5. The molecule has 1 fully saturated rings. The zero-order chi connectivity index (χ0) is 34.2. The van der Waals surface area contributed by atoms with Crippen LogP contribution in [0.5, 0.6) is 5.75 Å². The molecule has 254 valence electrons. The lowest BCUT2D eigenvalue weighted by atomic mass is 10.1. The number of aliphatic hydroxyl groups excluding tert-OH is 2. The predicted octanol–water partition coefficient (Wildman–Crippen LogP) is -3.92. The van der Waals surface area contributed by atoms with E-state index in [4.69, 9.17) is 0 Å². The fourth-order valence-electron chi connectivity index (χ4n) is 4.29. The Morgan fingerprint density at radius 2 is 1.61 bits per heavy atom. The van der Waals surface area contributed by atoms with E-state index in [-0.39, 0.29) is 56.6 Å². The SMILES string of the molecule is O=CN(O)CCCC(NC(=O)C(CO)NC(=O)C(CO)NC(=O)c1ccccc1O)C(=O)NCCC(=O)NC1CCCN(O)C1=O. The minimum absolute atomic E-state index is 0.0106. The van der Waals surface area contributed by atoms with Gasteiger partial charge < -0.3 is 41.9 Å². The molecule has 10 N–H and O–H groups in total. The van der Waals surface area contributed by atoms with Crippen molar-refractivity contribution in [3.05, 3.63) is 29.8 Å². The van der Waals surface area contributed by atoms with E-state index in [9.17, 15) is 59.3 Å². The first-order valence-electron chi connectivity index (χ1n) is 14.3. The molecule has 19 nitrogen and oxygen atoms in total. The van der Waals surface area contributed by atoms with Gasteiger partial charge in [0, 0.05) is 26.1 Å². The van der Waals surface area contributed by atoms with Crippen LogP contribution < -0.4 is 26.6 Å². The van der Waals surface area contributed by atoms with E-state index >= 15 is 0 Å². The second kappa shape index (κ2) is 18.8. The molecule has 0 aliphatic carbocycles. The molecule has 2 rings (SSSR count). The van der Waals surface area contributed by atoms with Crippen LogP contribution in [0.4, 0.5) is 0 Å². The smallest absolute Gasteiger partial charge is 0.268 e. The number of para-hydroxylation sites is 1. The largest absolute Gasteiger partial charge is 0.507 e. The van der Waals surface area contributed by atoms with Crippen LogP contribution in [0.2, 0.25) is 0 Å². The summed E-state index contributed by atoms with van der Waals surface area (Å²) in [5.41, 5.74) is -0.188. The van der Waals surface area contributed by atoms with Crippen molar-refractivity contribution in [1.82, 2.24) is 36.7 Å². The van der Waals surface area contributed by atoms with Gasteiger partial charge in [0.2, 0.25) is 30.0 Å². The molecule has 1 aromatic carbocycles. The topological polar surface area (TPSA) is 287 Å². The molecule has 19 heteroatoms. The summed E-state index contributed by atoms with van der Waals surface area (Å²) in [6, 6.07) is -0.0799. The van der Waals surface area contributed by atoms with Gasteiger partial charge in [-0.1, -0.05) is 12.1 Å². The standard InChI is InChI=1S/C27H39N7O12/c35-13-19(31-23(40)16-5-1-2-8-21(16)38)26(43)32-20(14-36)25(42)30-17(6-3-11-33(45)15-37)24(41)28-10-9-22(39)29-18-7-4-12-34(46)27(18)44/h1-2,5,8,15,17-20,35-36,38,45-46H,3-4,6-7,9-14H2,(H,28,41)(H,29,39)(H,30,42)(H,31,40)(H,32,43). The number of hydrogen-bond acceptors (Lipinski definition) is 12. The van der Waals surface area contributed by atoms with Gasteiger partial charge in [0.05, 0.1) is 18.8 Å². The average molecular weight is 654 g/mol. The number of phenolic OH excluding ortho intramolecular Hbond substituents is 1. The molecule has 1 aliphatic heterocycles. The summed E-state index contributed by atoms with van der Waals surface area (Å²) in [4.78, 5) is 85.9. The number of aromatic hydroxyl groups is 1. The Kier molecular flexibility index (Phi) is 15.3. The lowest BCUT2D eigenvalue weighted by Crippen LogP contribution is -2.58. The van der Waals surface area contributed by atoms with Crippen LogP contribution in [0.15, 0.2) is 24.3 Å². The summed E-state index contributed by atoms with van der Waals surface area (Å²) in [5.74, 6) is -5.45. The van der Waals surface area contributed by atoms with Gasteiger partial charge in [-0.05, 0) is 37.8 Å². The number of benzene rings is 1. The van der Waals surface area contributed by atoms with Gasteiger partial charge >= 0.3 is 0 Å². The number of phenols is 1. The lowest BCUT2D eigenvalue weighted by molar-refractivity contribution is -0.173. The summed E-state index contributed by atoms with van der Waals surface area (Å²) in [5, 5.41) is 60.6. The molecule has 0 bridgehead atoms. The Morgan fingerprint density at radius 3 is 2.24 bits per heavy atom. The van der Waals surface area contributed by atoms with E-state index in [0.717, 1.165) is 0 Å². The zero-order valence-corrected chi connectivity index (χ0v) is 24.8. The summed E-state index contributed by atoms with van der Waals surface area (Å²) in [6.07, 6.45) is 0.544. The normalized spacial score (nSPS) is 16.3. The maximum atomic E-state index is 13.0. The van der Waals surface area contributed by atoms with Crippen LogP contribution >= 0.6 is 0 Å². The molecule has 4 atom stereocenters. The summed E-state index contributed by atoms with van der Waals surface area (Å²) in [6.45, 7) is -2.16. The summed E-state index contributed by atoms with van der Waals surface area (Å²) >= 11 is 0. The maximum absolute atomic E-state index is 13.0. The quantitative estimate of drug-likeness (QED) is 0.0413. The fourth-order valence-corrected chi connectivity index (χ4v) is 4.29. The molecule has 0 aromatic heterocycles. The molecule has 7 amide bonds. The Hall–Kier alpha value is -4.85. The number of aliphatic hydroxyl groups is 2. The van der Waals surface area contributed by atoms with Crippen LogP contribution in [0.1, 0.15) is 42.5 Å². The third-order valence-electron chi connectivity index (χ3n) is 6.81. The van der Waals surface area contributed by atoms with Crippen molar-refractivity contribution in [3.63, 3.8) is 0 Å². The number of piperidine rings is 1. The molecule has 1 saturated heterocycles. The first-order valence-corrected chi connectivity index (χ1v) is 14.3.